The van der Waals surface area contributed by atoms with Gasteiger partial charge in [-0.15, -0.1) is 0 Å². The van der Waals surface area contributed by atoms with Gasteiger partial charge >= 0.3 is 0 Å². The van der Waals surface area contributed by atoms with E-state index < -0.39 is 0 Å². The summed E-state index contributed by atoms with van der Waals surface area (Å²) in [4.78, 5) is 19.6. The molecule has 1 amide bonds. The Bertz CT molecular complexity index is 835. The van der Waals surface area contributed by atoms with Crippen molar-refractivity contribution in [1.82, 2.24) is 15.3 Å². The lowest BCUT2D eigenvalue weighted by atomic mass is 10.1. The Morgan fingerprint density at radius 1 is 1.09 bits per heavy atom. The van der Waals surface area contributed by atoms with Crippen molar-refractivity contribution in [2.45, 2.75) is 0 Å². The predicted octanol–water partition coefficient (Wildman–Crippen LogP) is 2.02. The van der Waals surface area contributed by atoms with E-state index in [2.05, 4.69) is 15.3 Å². The molecular weight excluding hydrogens is 292 g/mol. The van der Waals surface area contributed by atoms with Crippen molar-refractivity contribution in [3.05, 3.63) is 60.6 Å². The highest BCUT2D eigenvalue weighted by Crippen LogP contribution is 2.20. The van der Waals surface area contributed by atoms with E-state index in [0.29, 0.717) is 13.2 Å². The molecule has 6 heteroatoms. The first-order valence-corrected chi connectivity index (χ1v) is 7.20. The van der Waals surface area contributed by atoms with E-state index in [4.69, 9.17) is 10.5 Å². The van der Waals surface area contributed by atoms with E-state index in [0.717, 1.165) is 16.5 Å². The van der Waals surface area contributed by atoms with Crippen LogP contribution in [0.4, 0.5) is 5.82 Å². The normalized spacial score (nSPS) is 10.4. The average Bonchev–Trinajstić information content (AvgIpc) is 2.59. The highest BCUT2D eigenvalue weighted by atomic mass is 16.5. The van der Waals surface area contributed by atoms with Crippen molar-refractivity contribution in [3.8, 4) is 5.75 Å². The van der Waals surface area contributed by atoms with Crippen molar-refractivity contribution >= 4 is 22.5 Å². The number of amides is 1. The van der Waals surface area contributed by atoms with Gasteiger partial charge in [-0.05, 0) is 22.9 Å². The molecule has 116 valence electrons. The molecule has 0 unspecified atom stereocenters. The number of carbonyl (C=O) groups excluding carboxylic acids is 1. The van der Waals surface area contributed by atoms with Gasteiger partial charge in [0.05, 0.1) is 6.54 Å². The monoisotopic (exact) mass is 308 g/mol. The van der Waals surface area contributed by atoms with Gasteiger partial charge in [-0.3, -0.25) is 4.79 Å². The fourth-order valence-corrected chi connectivity index (χ4v) is 2.20. The summed E-state index contributed by atoms with van der Waals surface area (Å²) in [5, 5.41) is 4.97. The average molecular weight is 308 g/mol. The predicted molar refractivity (Wildman–Crippen MR) is 88.2 cm³/mol. The van der Waals surface area contributed by atoms with Gasteiger partial charge in [-0.25, -0.2) is 9.97 Å². The molecule has 23 heavy (non-hydrogen) atoms. The van der Waals surface area contributed by atoms with Crippen molar-refractivity contribution in [1.29, 1.82) is 0 Å². The molecule has 0 saturated carbocycles. The van der Waals surface area contributed by atoms with E-state index in [1.54, 1.807) is 0 Å². The van der Waals surface area contributed by atoms with Gasteiger partial charge in [0.1, 0.15) is 12.4 Å². The molecule has 3 N–H and O–H groups in total. The molecule has 0 spiro atoms. The van der Waals surface area contributed by atoms with Crippen LogP contribution in [-0.4, -0.2) is 29.0 Å². The summed E-state index contributed by atoms with van der Waals surface area (Å²) in [6.45, 7) is 0.700. The SMILES string of the molecule is Nc1nccnc1C(=O)NCCOc1ccc2ccccc2c1. The van der Waals surface area contributed by atoms with E-state index >= 15 is 0 Å². The summed E-state index contributed by atoms with van der Waals surface area (Å²) >= 11 is 0. The van der Waals surface area contributed by atoms with Crippen LogP contribution in [0.2, 0.25) is 0 Å². The number of benzene rings is 2. The molecule has 0 fully saturated rings. The van der Waals surface area contributed by atoms with E-state index in [1.165, 1.54) is 12.4 Å². The Labute approximate surface area is 133 Å². The largest absolute Gasteiger partial charge is 0.492 e. The molecule has 6 nitrogen and oxygen atoms in total. The molecule has 1 aromatic heterocycles. The molecule has 2 aromatic carbocycles. The van der Waals surface area contributed by atoms with Crippen LogP contribution in [0.25, 0.3) is 10.8 Å². The molecule has 0 radical (unpaired) electrons. The maximum Gasteiger partial charge on any atom is 0.273 e. The summed E-state index contributed by atoms with van der Waals surface area (Å²) in [5.41, 5.74) is 5.73. The van der Waals surface area contributed by atoms with Gasteiger partial charge in [0.2, 0.25) is 0 Å². The topological polar surface area (TPSA) is 90.1 Å². The number of ether oxygens (including phenoxy) is 1. The maximum atomic E-state index is 11.9. The lowest BCUT2D eigenvalue weighted by molar-refractivity contribution is 0.0942. The van der Waals surface area contributed by atoms with Gasteiger partial charge in [-0.2, -0.15) is 0 Å². The first-order valence-electron chi connectivity index (χ1n) is 7.20. The summed E-state index contributed by atoms with van der Waals surface area (Å²) < 4.78 is 5.65. The molecule has 0 aliphatic carbocycles. The summed E-state index contributed by atoms with van der Waals surface area (Å²) in [5.74, 6) is 0.509. The van der Waals surface area contributed by atoms with Gasteiger partial charge in [0.25, 0.3) is 5.91 Å². The number of rotatable bonds is 5. The number of nitrogens with one attached hydrogen (secondary N) is 1. The third-order valence-corrected chi connectivity index (χ3v) is 3.32. The fraction of sp³-hybridized carbons (Fsp3) is 0.118. The number of nitrogen functional groups attached to an aromatic ring is 1. The minimum Gasteiger partial charge on any atom is -0.492 e. The van der Waals surface area contributed by atoms with Crippen LogP contribution >= 0.6 is 0 Å². The Kier molecular flexibility index (Phi) is 4.33. The number of aromatic nitrogens is 2. The highest BCUT2D eigenvalue weighted by molar-refractivity contribution is 5.96. The van der Waals surface area contributed by atoms with E-state index in [-0.39, 0.29) is 17.4 Å². The lowest BCUT2D eigenvalue weighted by Crippen LogP contribution is -2.29. The summed E-state index contributed by atoms with van der Waals surface area (Å²) in [7, 11) is 0. The second-order valence-corrected chi connectivity index (χ2v) is 4.90. The number of hydrogen-bond donors (Lipinski definition) is 2. The lowest BCUT2D eigenvalue weighted by Gasteiger charge is -2.09. The highest BCUT2D eigenvalue weighted by Gasteiger charge is 2.10. The minimum absolute atomic E-state index is 0.112. The Morgan fingerprint density at radius 3 is 2.70 bits per heavy atom. The molecule has 0 aliphatic heterocycles. The molecular formula is C17H16N4O2. The van der Waals surface area contributed by atoms with Crippen molar-refractivity contribution in [3.63, 3.8) is 0 Å². The first-order chi connectivity index (χ1) is 11.2. The molecule has 0 aliphatic rings. The van der Waals surface area contributed by atoms with Crippen molar-refractivity contribution < 1.29 is 9.53 Å². The molecule has 0 saturated heterocycles. The standard InChI is InChI=1S/C17H16N4O2/c18-16-15(19-7-8-20-16)17(22)21-9-10-23-14-6-5-12-3-1-2-4-13(12)11-14/h1-8,11H,9-10H2,(H2,18,20)(H,21,22). The zero-order valence-electron chi connectivity index (χ0n) is 12.4. The number of carbonyl (C=O) groups is 1. The summed E-state index contributed by atoms with van der Waals surface area (Å²) in [6.07, 6.45) is 2.87. The van der Waals surface area contributed by atoms with Crippen LogP contribution < -0.4 is 15.8 Å². The smallest absolute Gasteiger partial charge is 0.273 e. The number of nitrogens with zero attached hydrogens (tertiary/aromatic N) is 2. The van der Waals surface area contributed by atoms with Crippen molar-refractivity contribution in [2.75, 3.05) is 18.9 Å². The Morgan fingerprint density at radius 2 is 1.87 bits per heavy atom. The van der Waals surface area contributed by atoms with E-state index in [1.807, 2.05) is 42.5 Å². The Balaban J connectivity index is 1.53. The Hall–Kier alpha value is -3.15. The van der Waals surface area contributed by atoms with Gasteiger partial charge in [-0.1, -0.05) is 30.3 Å². The number of nitrogens with two attached hydrogens (primary N) is 1. The van der Waals surface area contributed by atoms with Crippen LogP contribution in [-0.2, 0) is 0 Å². The second-order valence-electron chi connectivity index (χ2n) is 4.90. The quantitative estimate of drug-likeness (QED) is 0.704. The van der Waals surface area contributed by atoms with Crippen molar-refractivity contribution in [2.24, 2.45) is 0 Å². The molecule has 0 bridgehead atoms. The number of hydrogen-bond acceptors (Lipinski definition) is 5. The van der Waals surface area contributed by atoms with Gasteiger partial charge in [0.15, 0.2) is 11.5 Å². The second kappa shape index (κ2) is 6.74. The third-order valence-electron chi connectivity index (χ3n) is 3.32. The minimum atomic E-state index is -0.363. The third kappa shape index (κ3) is 3.55. The fourth-order valence-electron chi connectivity index (χ4n) is 2.20. The number of anilines is 1. The molecule has 3 aromatic rings. The van der Waals surface area contributed by atoms with Gasteiger partial charge in [0, 0.05) is 12.4 Å². The molecule has 0 atom stereocenters. The van der Waals surface area contributed by atoms with Crippen LogP contribution in [0, 0.1) is 0 Å². The zero-order chi connectivity index (χ0) is 16.1. The van der Waals surface area contributed by atoms with Gasteiger partial charge < -0.3 is 15.8 Å². The summed E-state index contributed by atoms with van der Waals surface area (Å²) in [6, 6.07) is 13.9. The van der Waals surface area contributed by atoms with E-state index in [9.17, 15) is 4.79 Å². The molecule has 1 heterocycles. The van der Waals surface area contributed by atoms with Crippen LogP contribution in [0.3, 0.4) is 0 Å². The number of fused-ring (bicyclic) bond motifs is 1. The van der Waals surface area contributed by atoms with Crippen LogP contribution in [0.1, 0.15) is 10.5 Å². The zero-order valence-corrected chi connectivity index (χ0v) is 12.4. The van der Waals surface area contributed by atoms with Crippen LogP contribution in [0.15, 0.2) is 54.9 Å². The molecule has 3 rings (SSSR count). The maximum absolute atomic E-state index is 11.9. The van der Waals surface area contributed by atoms with Crippen LogP contribution in [0.5, 0.6) is 5.75 Å². The first kappa shape index (κ1) is 14.8.